The number of carbonyl (C=O) groups is 2. The number of Topliss-reactive ketones (excluding diaryl/α,β-unsaturated/α-hetero) is 1. The molecule has 2 aliphatic heterocycles. The van der Waals surface area contributed by atoms with E-state index in [0.29, 0.717) is 17.7 Å². The Labute approximate surface area is 181 Å². The molecule has 2 atom stereocenters. The summed E-state index contributed by atoms with van der Waals surface area (Å²) >= 11 is 0. The van der Waals surface area contributed by atoms with Crippen molar-refractivity contribution in [2.45, 2.75) is 44.7 Å². The number of allylic oxidation sites excluding steroid dienone is 1. The Hall–Kier alpha value is -2.68. The highest BCUT2D eigenvalue weighted by atomic mass is 16.8. The molecule has 31 heavy (non-hydrogen) atoms. The third kappa shape index (κ3) is 5.72. The Kier molecular flexibility index (Phi) is 7.48. The summed E-state index contributed by atoms with van der Waals surface area (Å²) in [6, 6.07) is 3.32. The van der Waals surface area contributed by atoms with Crippen LogP contribution in [0.5, 0.6) is 11.5 Å². The molecule has 0 aliphatic carbocycles. The molecular formula is C23H28O8. The number of benzene rings is 1. The third-order valence-electron chi connectivity index (χ3n) is 4.84. The molecule has 1 aromatic carbocycles. The Morgan fingerprint density at radius 2 is 1.90 bits per heavy atom. The molecule has 0 amide bonds. The summed E-state index contributed by atoms with van der Waals surface area (Å²) in [4.78, 5) is 25.4. The van der Waals surface area contributed by atoms with Gasteiger partial charge in [-0.1, -0.05) is 24.3 Å². The molecule has 8 nitrogen and oxygen atoms in total. The molecule has 1 unspecified atom stereocenters. The summed E-state index contributed by atoms with van der Waals surface area (Å²) in [5, 5.41) is 0. The van der Waals surface area contributed by atoms with E-state index in [1.807, 2.05) is 6.08 Å². The zero-order chi connectivity index (χ0) is 22.4. The maximum Gasteiger partial charge on any atom is 0.342 e. The maximum absolute atomic E-state index is 12.8. The molecule has 2 heterocycles. The first-order chi connectivity index (χ1) is 14.8. The predicted octanol–water partition coefficient (Wildman–Crippen LogP) is 3.29. The Balaban J connectivity index is 2.00. The predicted molar refractivity (Wildman–Crippen MR) is 112 cm³/mol. The van der Waals surface area contributed by atoms with E-state index in [1.54, 1.807) is 44.2 Å². The molecule has 2 aliphatic rings. The van der Waals surface area contributed by atoms with Gasteiger partial charge >= 0.3 is 5.97 Å². The average Bonchev–Trinajstić information content (AvgIpc) is 3.05. The number of fused-ring (bicyclic) bond motifs is 2. The van der Waals surface area contributed by atoms with E-state index in [4.69, 9.17) is 28.4 Å². The van der Waals surface area contributed by atoms with E-state index in [2.05, 4.69) is 0 Å². The van der Waals surface area contributed by atoms with Crippen molar-refractivity contribution in [3.63, 3.8) is 0 Å². The van der Waals surface area contributed by atoms with Crippen LogP contribution in [-0.4, -0.2) is 57.4 Å². The lowest BCUT2D eigenvalue weighted by Gasteiger charge is -2.16. The van der Waals surface area contributed by atoms with Crippen molar-refractivity contribution in [2.24, 2.45) is 0 Å². The van der Waals surface area contributed by atoms with Gasteiger partial charge in [0.05, 0.1) is 13.2 Å². The zero-order valence-electron chi connectivity index (χ0n) is 18.2. The van der Waals surface area contributed by atoms with Gasteiger partial charge in [0.25, 0.3) is 0 Å². The van der Waals surface area contributed by atoms with Gasteiger partial charge in [-0.25, -0.2) is 4.79 Å². The number of rotatable bonds is 4. The topological polar surface area (TPSA) is 89.5 Å². The summed E-state index contributed by atoms with van der Waals surface area (Å²) in [5.74, 6) is -0.686. The van der Waals surface area contributed by atoms with Gasteiger partial charge in [-0.2, -0.15) is 0 Å². The van der Waals surface area contributed by atoms with Crippen LogP contribution in [0, 0.1) is 0 Å². The summed E-state index contributed by atoms with van der Waals surface area (Å²) in [7, 11) is 3.02. The van der Waals surface area contributed by atoms with Crippen molar-refractivity contribution in [3.05, 3.63) is 41.5 Å². The zero-order valence-corrected chi connectivity index (χ0v) is 18.2. The Morgan fingerprint density at radius 1 is 1.10 bits per heavy atom. The van der Waals surface area contributed by atoms with Gasteiger partial charge in [0.2, 0.25) is 0 Å². The summed E-state index contributed by atoms with van der Waals surface area (Å²) in [5.41, 5.74) is 0.814. The summed E-state index contributed by atoms with van der Waals surface area (Å²) in [6.07, 6.45) is 6.38. The smallest absolute Gasteiger partial charge is 0.342 e. The molecule has 0 saturated carbocycles. The van der Waals surface area contributed by atoms with E-state index >= 15 is 0 Å². The number of cyclic esters (lactones) is 1. The minimum Gasteiger partial charge on any atom is -0.497 e. The molecular weight excluding hydrogens is 404 g/mol. The highest BCUT2D eigenvalue weighted by molar-refractivity contribution is 5.97. The molecule has 1 aromatic rings. The Morgan fingerprint density at radius 3 is 2.65 bits per heavy atom. The molecule has 8 heteroatoms. The third-order valence-corrected chi connectivity index (χ3v) is 4.84. The van der Waals surface area contributed by atoms with Crippen LogP contribution in [0.25, 0.3) is 6.08 Å². The van der Waals surface area contributed by atoms with Crippen LogP contribution in [0.15, 0.2) is 30.4 Å². The van der Waals surface area contributed by atoms with Gasteiger partial charge < -0.3 is 28.4 Å². The molecule has 1 fully saturated rings. The summed E-state index contributed by atoms with van der Waals surface area (Å²) in [6.45, 7) is 3.55. The summed E-state index contributed by atoms with van der Waals surface area (Å²) < 4.78 is 33.1. The molecule has 0 bridgehead atoms. The van der Waals surface area contributed by atoms with Crippen LogP contribution in [0.3, 0.4) is 0 Å². The Bertz CT molecular complexity index is 871. The van der Waals surface area contributed by atoms with Crippen molar-refractivity contribution in [1.29, 1.82) is 0 Å². The number of methoxy groups -OCH3 is 2. The van der Waals surface area contributed by atoms with E-state index in [-0.39, 0.29) is 36.9 Å². The van der Waals surface area contributed by atoms with Crippen LogP contribution in [-0.2, 0) is 23.7 Å². The second-order valence-corrected chi connectivity index (χ2v) is 7.61. The molecule has 0 aromatic heterocycles. The molecule has 0 radical (unpaired) electrons. The fourth-order valence-electron chi connectivity index (χ4n) is 3.50. The van der Waals surface area contributed by atoms with Crippen LogP contribution < -0.4 is 9.47 Å². The van der Waals surface area contributed by atoms with Crippen molar-refractivity contribution < 1.29 is 38.0 Å². The SMILES string of the molecule is COCOc1cc(OC)cc2c1C(=O)OCC=CCC(=O)C1OC(C)(C)O[C@H]1CC=C2. The lowest BCUT2D eigenvalue weighted by atomic mass is 10.0. The van der Waals surface area contributed by atoms with Gasteiger partial charge in [-0.15, -0.1) is 0 Å². The molecule has 3 rings (SSSR count). The van der Waals surface area contributed by atoms with Gasteiger partial charge in [-0.05, 0) is 31.9 Å². The van der Waals surface area contributed by atoms with E-state index in [0.717, 1.165) is 0 Å². The number of ketones is 1. The average molecular weight is 432 g/mol. The largest absolute Gasteiger partial charge is 0.497 e. The number of ether oxygens (including phenoxy) is 6. The first kappa shape index (κ1) is 23.0. The fourth-order valence-corrected chi connectivity index (χ4v) is 3.50. The number of hydrogen-bond acceptors (Lipinski definition) is 8. The molecule has 0 spiro atoms. The second kappa shape index (κ2) is 10.1. The highest BCUT2D eigenvalue weighted by Gasteiger charge is 2.43. The van der Waals surface area contributed by atoms with Gasteiger partial charge in [-0.3, -0.25) is 4.79 Å². The maximum atomic E-state index is 12.8. The second-order valence-electron chi connectivity index (χ2n) is 7.61. The first-order valence-electron chi connectivity index (χ1n) is 10.1. The number of hydrogen-bond donors (Lipinski definition) is 0. The molecule has 0 N–H and O–H groups in total. The normalized spacial score (nSPS) is 23.5. The van der Waals surface area contributed by atoms with Gasteiger partial charge in [0.15, 0.2) is 18.4 Å². The van der Waals surface area contributed by atoms with Crippen molar-refractivity contribution in [1.82, 2.24) is 0 Å². The number of esters is 1. The van der Waals surface area contributed by atoms with E-state index in [9.17, 15) is 9.59 Å². The minimum atomic E-state index is -0.849. The quantitative estimate of drug-likeness (QED) is 0.407. The van der Waals surface area contributed by atoms with Crippen LogP contribution in [0.1, 0.15) is 42.6 Å². The van der Waals surface area contributed by atoms with Crippen molar-refractivity contribution >= 4 is 17.8 Å². The number of carbonyl (C=O) groups excluding carboxylic acids is 2. The monoisotopic (exact) mass is 432 g/mol. The molecule has 1 saturated heterocycles. The fraction of sp³-hybridized carbons (Fsp3) is 0.478. The molecule has 168 valence electrons. The van der Waals surface area contributed by atoms with Crippen molar-refractivity contribution in [2.75, 3.05) is 27.6 Å². The van der Waals surface area contributed by atoms with E-state index in [1.165, 1.54) is 14.2 Å². The van der Waals surface area contributed by atoms with Gasteiger partial charge in [0.1, 0.15) is 29.8 Å². The highest BCUT2D eigenvalue weighted by Crippen LogP contribution is 2.33. The van der Waals surface area contributed by atoms with E-state index < -0.39 is 24.0 Å². The minimum absolute atomic E-state index is 0.0158. The lowest BCUT2D eigenvalue weighted by Crippen LogP contribution is -2.31. The van der Waals surface area contributed by atoms with Crippen molar-refractivity contribution in [3.8, 4) is 11.5 Å². The standard InChI is InChI=1S/C23H28O8/c1-23(2)30-18-10-7-8-15-12-16(27-4)13-19(29-14-26-3)20(15)22(25)28-11-6-5-9-17(24)21(18)31-23/h5-8,12-13,18,21H,9-11,14H2,1-4H3/t18-,21?/m0/s1. The van der Waals surface area contributed by atoms with Gasteiger partial charge in [0, 0.05) is 19.6 Å². The van der Waals surface area contributed by atoms with Crippen LogP contribution >= 0.6 is 0 Å². The van der Waals surface area contributed by atoms with Crippen LogP contribution in [0.2, 0.25) is 0 Å². The van der Waals surface area contributed by atoms with Crippen LogP contribution in [0.4, 0.5) is 0 Å². The first-order valence-corrected chi connectivity index (χ1v) is 10.1. The lowest BCUT2D eigenvalue weighted by molar-refractivity contribution is -0.154.